The zero-order chi connectivity index (χ0) is 12.6. The summed E-state index contributed by atoms with van der Waals surface area (Å²) >= 11 is 1.28. The molecule has 0 spiro atoms. The first-order valence-corrected chi connectivity index (χ1v) is 5.49. The van der Waals surface area contributed by atoms with Crippen LogP contribution < -0.4 is 11.2 Å². The fourth-order valence-corrected chi connectivity index (χ4v) is 2.07. The quantitative estimate of drug-likeness (QED) is 0.804. The first-order chi connectivity index (χ1) is 8.00. The van der Waals surface area contributed by atoms with Crippen LogP contribution in [0.5, 0.6) is 5.88 Å². The molecular weight excluding hydrogens is 249 g/mol. The molecule has 0 saturated carbocycles. The molecule has 90 valence electrons. The highest BCUT2D eigenvalue weighted by atomic mass is 32.1. The predicted octanol–water partition coefficient (Wildman–Crippen LogP) is 0.195. The molecule has 2 heterocycles. The lowest BCUT2D eigenvalue weighted by molar-refractivity contribution is 0.368. The topological polar surface area (TPSA) is 88.0 Å². The van der Waals surface area contributed by atoms with Crippen molar-refractivity contribution in [1.29, 1.82) is 0 Å². The lowest BCUT2D eigenvalue weighted by atomic mass is 10.4. The van der Waals surface area contributed by atoms with E-state index >= 15 is 0 Å². The van der Waals surface area contributed by atoms with E-state index < -0.39 is 22.9 Å². The van der Waals surface area contributed by atoms with Gasteiger partial charge in [0.15, 0.2) is 0 Å². The normalized spacial score (nSPS) is 10.7. The van der Waals surface area contributed by atoms with Crippen LogP contribution in [0.3, 0.4) is 0 Å². The Balaban J connectivity index is 2.54. The largest absolute Gasteiger partial charge is 0.492 e. The van der Waals surface area contributed by atoms with Gasteiger partial charge in [0.2, 0.25) is 11.7 Å². The second-order valence-electron chi connectivity index (χ2n) is 3.34. The van der Waals surface area contributed by atoms with E-state index in [1.165, 1.54) is 11.3 Å². The minimum absolute atomic E-state index is 0.0329. The number of rotatable bonds is 2. The van der Waals surface area contributed by atoms with Gasteiger partial charge in [-0.25, -0.2) is 9.78 Å². The summed E-state index contributed by atoms with van der Waals surface area (Å²) < 4.78 is 13.9. The third kappa shape index (κ3) is 1.98. The van der Waals surface area contributed by atoms with Crippen LogP contribution in [0.15, 0.2) is 15.1 Å². The van der Waals surface area contributed by atoms with Crippen LogP contribution in [0, 0.1) is 12.7 Å². The zero-order valence-electron chi connectivity index (χ0n) is 8.73. The Labute approximate surface area is 98.0 Å². The van der Waals surface area contributed by atoms with Crippen molar-refractivity contribution < 1.29 is 9.50 Å². The smallest absolute Gasteiger partial charge is 0.331 e. The molecule has 0 unspecified atom stereocenters. The Kier molecular flexibility index (Phi) is 2.80. The molecule has 0 aliphatic heterocycles. The van der Waals surface area contributed by atoms with Gasteiger partial charge in [0, 0.05) is 4.88 Å². The third-order valence-corrected chi connectivity index (χ3v) is 3.18. The molecule has 0 aliphatic carbocycles. The minimum Gasteiger partial charge on any atom is -0.492 e. The number of halogens is 1. The summed E-state index contributed by atoms with van der Waals surface area (Å²) in [4.78, 5) is 28.7. The summed E-state index contributed by atoms with van der Waals surface area (Å²) in [6.07, 6.45) is 0. The van der Waals surface area contributed by atoms with Crippen LogP contribution >= 0.6 is 11.3 Å². The molecule has 2 rings (SSSR count). The molecule has 2 aromatic rings. The van der Waals surface area contributed by atoms with Crippen molar-refractivity contribution in [2.45, 2.75) is 13.5 Å². The molecule has 0 atom stereocenters. The average Bonchev–Trinajstić information content (AvgIpc) is 2.67. The summed E-state index contributed by atoms with van der Waals surface area (Å²) in [5.41, 5.74) is 0.175. The fraction of sp³-hybridized carbons (Fsp3) is 0.222. The van der Waals surface area contributed by atoms with E-state index in [0.717, 1.165) is 4.57 Å². The van der Waals surface area contributed by atoms with Gasteiger partial charge in [-0.15, -0.1) is 11.3 Å². The number of hydrogen-bond donors (Lipinski definition) is 2. The van der Waals surface area contributed by atoms with Gasteiger partial charge in [-0.05, 0) is 6.92 Å². The number of aromatic hydroxyl groups is 1. The second kappa shape index (κ2) is 4.13. The zero-order valence-corrected chi connectivity index (χ0v) is 9.55. The molecular formula is C9H8FN3O3S. The van der Waals surface area contributed by atoms with E-state index in [1.807, 2.05) is 0 Å². The molecule has 0 saturated heterocycles. The highest BCUT2D eigenvalue weighted by Gasteiger charge is 2.15. The molecule has 2 N–H and O–H groups in total. The maximum Gasteiger partial charge on any atom is 0.331 e. The average molecular weight is 257 g/mol. The molecule has 0 radical (unpaired) electrons. The molecule has 0 bridgehead atoms. The molecule has 6 nitrogen and oxygen atoms in total. The lowest BCUT2D eigenvalue weighted by Gasteiger charge is -2.06. The number of H-pyrrole nitrogens is 1. The SMILES string of the molecule is Cc1ncsc1Cn1c(O)c(F)c(=O)[nH]c1=O. The molecule has 0 fully saturated rings. The Hall–Kier alpha value is -1.96. The summed E-state index contributed by atoms with van der Waals surface area (Å²) in [5, 5.41) is 9.40. The Bertz CT molecular complexity index is 673. The van der Waals surface area contributed by atoms with E-state index in [2.05, 4.69) is 4.98 Å². The molecule has 0 amide bonds. The molecule has 2 aromatic heterocycles. The first kappa shape index (κ1) is 11.5. The lowest BCUT2D eigenvalue weighted by Crippen LogP contribution is -2.32. The molecule has 0 aromatic carbocycles. The van der Waals surface area contributed by atoms with E-state index in [4.69, 9.17) is 0 Å². The van der Waals surface area contributed by atoms with E-state index in [1.54, 1.807) is 17.4 Å². The van der Waals surface area contributed by atoms with Crippen LogP contribution in [0.4, 0.5) is 4.39 Å². The second-order valence-corrected chi connectivity index (χ2v) is 4.28. The predicted molar refractivity (Wildman–Crippen MR) is 58.9 cm³/mol. The van der Waals surface area contributed by atoms with E-state index in [9.17, 15) is 19.1 Å². The van der Waals surface area contributed by atoms with Gasteiger partial charge >= 0.3 is 5.69 Å². The van der Waals surface area contributed by atoms with Crippen LogP contribution in [-0.4, -0.2) is 19.6 Å². The number of aryl methyl sites for hydroxylation is 1. The molecule has 17 heavy (non-hydrogen) atoms. The molecule has 8 heteroatoms. The Morgan fingerprint density at radius 3 is 2.88 bits per heavy atom. The Morgan fingerprint density at radius 2 is 2.29 bits per heavy atom. The number of nitrogens with zero attached hydrogens (tertiary/aromatic N) is 2. The van der Waals surface area contributed by atoms with Crippen molar-refractivity contribution >= 4 is 11.3 Å². The van der Waals surface area contributed by atoms with Crippen LogP contribution in [0.1, 0.15) is 10.6 Å². The van der Waals surface area contributed by atoms with Crippen molar-refractivity contribution in [3.8, 4) is 5.88 Å². The van der Waals surface area contributed by atoms with E-state index in [0.29, 0.717) is 10.6 Å². The number of aromatic nitrogens is 3. The van der Waals surface area contributed by atoms with Gasteiger partial charge < -0.3 is 5.11 Å². The number of thiazole rings is 1. The van der Waals surface area contributed by atoms with Crippen molar-refractivity contribution in [1.82, 2.24) is 14.5 Å². The summed E-state index contributed by atoms with van der Waals surface area (Å²) in [6.45, 7) is 1.70. The van der Waals surface area contributed by atoms with E-state index in [-0.39, 0.29) is 6.54 Å². The first-order valence-electron chi connectivity index (χ1n) is 4.61. The van der Waals surface area contributed by atoms with Gasteiger partial charge in [0.25, 0.3) is 5.56 Å². The van der Waals surface area contributed by atoms with Crippen LogP contribution in [-0.2, 0) is 6.54 Å². The van der Waals surface area contributed by atoms with Crippen LogP contribution in [0.2, 0.25) is 0 Å². The minimum atomic E-state index is -1.37. The van der Waals surface area contributed by atoms with Crippen LogP contribution in [0.25, 0.3) is 0 Å². The van der Waals surface area contributed by atoms with Crippen molar-refractivity contribution in [3.63, 3.8) is 0 Å². The fourth-order valence-electron chi connectivity index (χ4n) is 1.30. The van der Waals surface area contributed by atoms with Gasteiger partial charge in [-0.2, -0.15) is 4.39 Å². The highest BCUT2D eigenvalue weighted by molar-refractivity contribution is 7.09. The summed E-state index contributed by atoms with van der Waals surface area (Å²) in [7, 11) is 0. The molecule has 0 aliphatic rings. The van der Waals surface area contributed by atoms with Gasteiger partial charge in [0.1, 0.15) is 0 Å². The number of nitrogens with one attached hydrogen (secondary N) is 1. The monoisotopic (exact) mass is 257 g/mol. The highest BCUT2D eigenvalue weighted by Crippen LogP contribution is 2.16. The maximum atomic E-state index is 13.1. The standard InChI is InChI=1S/C9H8FN3O3S/c1-4-5(17-3-11-4)2-13-8(15)6(10)7(14)12-9(13)16/h3,15H,2H2,1H3,(H,12,14,16). The summed E-state index contributed by atoms with van der Waals surface area (Å²) in [6, 6.07) is 0. The van der Waals surface area contributed by atoms with Gasteiger partial charge in [0.05, 0.1) is 17.7 Å². The van der Waals surface area contributed by atoms with Crippen molar-refractivity contribution in [2.75, 3.05) is 0 Å². The van der Waals surface area contributed by atoms with Crippen molar-refractivity contribution in [2.24, 2.45) is 0 Å². The van der Waals surface area contributed by atoms with Gasteiger partial charge in [-0.3, -0.25) is 14.3 Å². The summed E-state index contributed by atoms with van der Waals surface area (Å²) in [5.74, 6) is -2.33. The van der Waals surface area contributed by atoms with Crippen molar-refractivity contribution in [3.05, 3.63) is 42.7 Å². The Morgan fingerprint density at radius 1 is 1.59 bits per heavy atom. The number of hydrogen-bond acceptors (Lipinski definition) is 5. The maximum absolute atomic E-state index is 13.1. The van der Waals surface area contributed by atoms with Gasteiger partial charge in [-0.1, -0.05) is 0 Å². The number of aromatic amines is 1. The third-order valence-electron chi connectivity index (χ3n) is 2.26.